The van der Waals surface area contributed by atoms with Gasteiger partial charge in [-0.15, -0.1) is 0 Å². The van der Waals surface area contributed by atoms with Crippen LogP contribution in [0.3, 0.4) is 0 Å². The molecule has 0 saturated carbocycles. The van der Waals surface area contributed by atoms with Crippen LogP contribution in [-0.2, 0) is 17.6 Å². The molecule has 0 aliphatic carbocycles. The second-order valence-corrected chi connectivity index (χ2v) is 4.04. The molecule has 0 radical (unpaired) electrons. The first-order valence-electron chi connectivity index (χ1n) is 5.95. The molecule has 3 nitrogen and oxygen atoms in total. The molecule has 0 fully saturated rings. The van der Waals surface area contributed by atoms with Gasteiger partial charge in [-0.2, -0.15) is 0 Å². The van der Waals surface area contributed by atoms with Gasteiger partial charge in [-0.25, -0.2) is 4.79 Å². The molecule has 0 amide bonds. The number of carboxylic acids is 1. The summed E-state index contributed by atoms with van der Waals surface area (Å²) in [5.41, 5.74) is 2.18. The Labute approximate surface area is 101 Å². The molecule has 0 aromatic heterocycles. The Morgan fingerprint density at radius 2 is 1.94 bits per heavy atom. The Kier molecular flexibility index (Phi) is 4.88. The number of Topliss-reactive ketones (excluding diaryl/α,β-unsaturated/α-hetero) is 1. The van der Waals surface area contributed by atoms with Crippen LogP contribution in [0.5, 0.6) is 0 Å². The van der Waals surface area contributed by atoms with Crippen LogP contribution < -0.4 is 0 Å². The SMILES string of the molecule is CCC(=O)CCc1cc(CC)ccc1C(=O)O. The molecule has 3 heteroatoms. The van der Waals surface area contributed by atoms with Crippen molar-refractivity contribution in [3.63, 3.8) is 0 Å². The van der Waals surface area contributed by atoms with Gasteiger partial charge in [-0.05, 0) is 30.0 Å². The van der Waals surface area contributed by atoms with Gasteiger partial charge in [-0.1, -0.05) is 26.0 Å². The zero-order chi connectivity index (χ0) is 12.8. The van der Waals surface area contributed by atoms with Crippen LogP contribution in [-0.4, -0.2) is 16.9 Å². The number of aryl methyl sites for hydroxylation is 2. The van der Waals surface area contributed by atoms with E-state index in [0.717, 1.165) is 17.5 Å². The molecule has 0 spiro atoms. The summed E-state index contributed by atoms with van der Waals surface area (Å²) in [6, 6.07) is 5.36. The molecule has 0 aliphatic heterocycles. The van der Waals surface area contributed by atoms with Crippen LogP contribution in [0.4, 0.5) is 0 Å². The first-order chi connectivity index (χ1) is 8.08. The van der Waals surface area contributed by atoms with Gasteiger partial charge in [-0.3, -0.25) is 4.79 Å². The van der Waals surface area contributed by atoms with Crippen molar-refractivity contribution in [3.05, 3.63) is 34.9 Å². The van der Waals surface area contributed by atoms with E-state index in [9.17, 15) is 9.59 Å². The summed E-state index contributed by atoms with van der Waals surface area (Å²) < 4.78 is 0. The van der Waals surface area contributed by atoms with E-state index in [-0.39, 0.29) is 5.78 Å². The van der Waals surface area contributed by atoms with E-state index in [1.54, 1.807) is 6.07 Å². The smallest absolute Gasteiger partial charge is 0.335 e. The van der Waals surface area contributed by atoms with Crippen molar-refractivity contribution in [2.24, 2.45) is 0 Å². The highest BCUT2D eigenvalue weighted by molar-refractivity contribution is 5.89. The number of carboxylic acid groups (broad SMARTS) is 1. The predicted molar refractivity (Wildman–Crippen MR) is 66.4 cm³/mol. The first kappa shape index (κ1) is 13.4. The molecule has 0 saturated heterocycles. The van der Waals surface area contributed by atoms with E-state index in [1.165, 1.54) is 0 Å². The van der Waals surface area contributed by atoms with E-state index >= 15 is 0 Å². The van der Waals surface area contributed by atoms with Crippen molar-refractivity contribution in [1.29, 1.82) is 0 Å². The number of benzene rings is 1. The lowest BCUT2D eigenvalue weighted by Crippen LogP contribution is -2.06. The molecule has 0 heterocycles. The second-order valence-electron chi connectivity index (χ2n) is 4.04. The van der Waals surface area contributed by atoms with Crippen LogP contribution in [0.15, 0.2) is 18.2 Å². The quantitative estimate of drug-likeness (QED) is 0.823. The molecule has 17 heavy (non-hydrogen) atoms. The molecule has 0 atom stereocenters. The van der Waals surface area contributed by atoms with Gasteiger partial charge in [0.15, 0.2) is 0 Å². The first-order valence-corrected chi connectivity index (χ1v) is 5.95. The number of ketones is 1. The summed E-state index contributed by atoms with van der Waals surface area (Å²) in [6.45, 7) is 3.85. The highest BCUT2D eigenvalue weighted by Gasteiger charge is 2.11. The zero-order valence-electron chi connectivity index (χ0n) is 10.3. The maximum atomic E-state index is 11.3. The van der Waals surface area contributed by atoms with Crippen LogP contribution in [0, 0.1) is 0 Å². The molecule has 1 rings (SSSR count). The number of carbonyl (C=O) groups is 2. The van der Waals surface area contributed by atoms with Crippen molar-refractivity contribution in [2.45, 2.75) is 39.5 Å². The minimum absolute atomic E-state index is 0.170. The summed E-state index contributed by atoms with van der Waals surface area (Å²) >= 11 is 0. The van der Waals surface area contributed by atoms with Crippen LogP contribution >= 0.6 is 0 Å². The lowest BCUT2D eigenvalue weighted by molar-refractivity contribution is -0.118. The van der Waals surface area contributed by atoms with Gasteiger partial charge in [0.1, 0.15) is 5.78 Å². The number of hydrogen-bond acceptors (Lipinski definition) is 2. The Bertz CT molecular complexity index is 421. The Morgan fingerprint density at radius 1 is 1.24 bits per heavy atom. The molecular weight excluding hydrogens is 216 g/mol. The molecule has 1 aromatic carbocycles. The van der Waals surface area contributed by atoms with E-state index in [4.69, 9.17) is 5.11 Å². The molecular formula is C14H18O3. The van der Waals surface area contributed by atoms with Crippen LogP contribution in [0.2, 0.25) is 0 Å². The number of hydrogen-bond donors (Lipinski definition) is 1. The summed E-state index contributed by atoms with van der Waals surface area (Å²) in [5, 5.41) is 9.07. The lowest BCUT2D eigenvalue weighted by Gasteiger charge is -2.07. The fourth-order valence-electron chi connectivity index (χ4n) is 1.73. The summed E-state index contributed by atoms with van der Waals surface area (Å²) in [4.78, 5) is 22.3. The predicted octanol–water partition coefficient (Wildman–Crippen LogP) is 2.86. The Balaban J connectivity index is 2.93. The number of carbonyl (C=O) groups excluding carboxylic acids is 1. The largest absolute Gasteiger partial charge is 0.478 e. The fraction of sp³-hybridized carbons (Fsp3) is 0.429. The van der Waals surface area contributed by atoms with Gasteiger partial charge < -0.3 is 5.11 Å². The normalized spacial score (nSPS) is 10.2. The van der Waals surface area contributed by atoms with E-state index in [0.29, 0.717) is 24.8 Å². The monoisotopic (exact) mass is 234 g/mol. The average Bonchev–Trinajstić information content (AvgIpc) is 2.35. The third-order valence-electron chi connectivity index (χ3n) is 2.88. The molecule has 0 bridgehead atoms. The fourth-order valence-corrected chi connectivity index (χ4v) is 1.73. The third kappa shape index (κ3) is 3.70. The highest BCUT2D eigenvalue weighted by atomic mass is 16.4. The van der Waals surface area contributed by atoms with Gasteiger partial charge in [0.25, 0.3) is 0 Å². The topological polar surface area (TPSA) is 54.4 Å². The van der Waals surface area contributed by atoms with Crippen molar-refractivity contribution in [2.75, 3.05) is 0 Å². The summed E-state index contributed by atoms with van der Waals surface area (Å²) in [5.74, 6) is -0.755. The molecule has 1 aromatic rings. The molecule has 1 N–H and O–H groups in total. The summed E-state index contributed by atoms with van der Waals surface area (Å²) in [7, 11) is 0. The van der Waals surface area contributed by atoms with Gasteiger partial charge >= 0.3 is 5.97 Å². The Hall–Kier alpha value is -1.64. The zero-order valence-corrected chi connectivity index (χ0v) is 10.3. The van der Waals surface area contributed by atoms with E-state index in [2.05, 4.69) is 0 Å². The van der Waals surface area contributed by atoms with Gasteiger partial charge in [0, 0.05) is 12.8 Å². The van der Waals surface area contributed by atoms with Gasteiger partial charge in [0.05, 0.1) is 5.56 Å². The van der Waals surface area contributed by atoms with E-state index < -0.39 is 5.97 Å². The minimum atomic E-state index is -0.924. The molecule has 0 aliphatic rings. The highest BCUT2D eigenvalue weighted by Crippen LogP contribution is 2.15. The molecule has 0 unspecified atom stereocenters. The third-order valence-corrected chi connectivity index (χ3v) is 2.88. The van der Waals surface area contributed by atoms with Crippen molar-refractivity contribution in [3.8, 4) is 0 Å². The Morgan fingerprint density at radius 3 is 2.47 bits per heavy atom. The van der Waals surface area contributed by atoms with Crippen molar-refractivity contribution >= 4 is 11.8 Å². The van der Waals surface area contributed by atoms with Crippen LogP contribution in [0.1, 0.15) is 48.2 Å². The van der Waals surface area contributed by atoms with Gasteiger partial charge in [0.2, 0.25) is 0 Å². The average molecular weight is 234 g/mol. The minimum Gasteiger partial charge on any atom is -0.478 e. The second kappa shape index (κ2) is 6.18. The van der Waals surface area contributed by atoms with Crippen molar-refractivity contribution in [1.82, 2.24) is 0 Å². The lowest BCUT2D eigenvalue weighted by atomic mass is 9.97. The van der Waals surface area contributed by atoms with E-state index in [1.807, 2.05) is 26.0 Å². The maximum absolute atomic E-state index is 11.3. The van der Waals surface area contributed by atoms with Crippen LogP contribution in [0.25, 0.3) is 0 Å². The molecule has 92 valence electrons. The number of rotatable bonds is 6. The van der Waals surface area contributed by atoms with Crippen molar-refractivity contribution < 1.29 is 14.7 Å². The number of aromatic carboxylic acids is 1. The summed E-state index contributed by atoms with van der Waals surface area (Å²) in [6.07, 6.45) is 2.32. The maximum Gasteiger partial charge on any atom is 0.335 e. The standard InChI is InChI=1S/C14H18O3/c1-3-10-5-8-13(14(16)17)11(9-10)6-7-12(15)4-2/h5,8-9H,3-4,6-7H2,1-2H3,(H,16,17).